The molecule has 3 heteroatoms. The minimum Gasteiger partial charge on any atom is -0.491 e. The van der Waals surface area contributed by atoms with Gasteiger partial charge in [0.05, 0.1) is 12.2 Å². The van der Waals surface area contributed by atoms with Crippen molar-refractivity contribution in [1.29, 1.82) is 0 Å². The molecule has 2 aromatic carbocycles. The van der Waals surface area contributed by atoms with Gasteiger partial charge in [0.25, 0.3) is 0 Å². The summed E-state index contributed by atoms with van der Waals surface area (Å²) in [6.07, 6.45) is 5.34. The zero-order valence-electron chi connectivity index (χ0n) is 25.6. The highest BCUT2D eigenvalue weighted by molar-refractivity contribution is 5.43. The van der Waals surface area contributed by atoms with Gasteiger partial charge in [0, 0.05) is 0 Å². The van der Waals surface area contributed by atoms with E-state index in [2.05, 4.69) is 53.7 Å². The summed E-state index contributed by atoms with van der Waals surface area (Å²) in [4.78, 5) is 0. The van der Waals surface area contributed by atoms with Gasteiger partial charge in [-0.25, -0.2) is 4.39 Å². The number of rotatable bonds is 6. The Bertz CT molecular complexity index is 878. The second-order valence-electron chi connectivity index (χ2n) is 10.1. The third-order valence-corrected chi connectivity index (χ3v) is 6.06. The molecule has 0 radical (unpaired) electrons. The SMILES string of the molecule is CC.CC.Cc1cc(C)c(C(C)C)cc1OC(C)C.Cc1cc(F)c(C(C)C)cc1OC1CCCC1. The normalized spacial score (nSPS) is 12.9. The van der Waals surface area contributed by atoms with Gasteiger partial charge in [0.1, 0.15) is 17.3 Å². The van der Waals surface area contributed by atoms with E-state index < -0.39 is 0 Å². The minimum atomic E-state index is -0.115. The van der Waals surface area contributed by atoms with E-state index in [0.29, 0.717) is 12.0 Å². The highest BCUT2D eigenvalue weighted by Crippen LogP contribution is 2.31. The summed E-state index contributed by atoms with van der Waals surface area (Å²) in [6.45, 7) is 26.8. The van der Waals surface area contributed by atoms with E-state index in [1.165, 1.54) is 29.5 Å². The van der Waals surface area contributed by atoms with E-state index in [-0.39, 0.29) is 17.8 Å². The summed E-state index contributed by atoms with van der Waals surface area (Å²) in [7, 11) is 0. The lowest BCUT2D eigenvalue weighted by molar-refractivity contribution is 0.208. The molecule has 3 rings (SSSR count). The summed E-state index contributed by atoms with van der Waals surface area (Å²) in [5.74, 6) is 2.53. The summed E-state index contributed by atoms with van der Waals surface area (Å²) in [5, 5.41) is 0. The van der Waals surface area contributed by atoms with Gasteiger partial charge >= 0.3 is 0 Å². The average molecular weight is 503 g/mol. The van der Waals surface area contributed by atoms with Crippen LogP contribution < -0.4 is 9.47 Å². The topological polar surface area (TPSA) is 18.5 Å². The number of hydrogen-bond acceptors (Lipinski definition) is 2. The molecule has 2 aromatic rings. The summed E-state index contributed by atoms with van der Waals surface area (Å²) < 4.78 is 25.5. The van der Waals surface area contributed by atoms with Crippen molar-refractivity contribution in [3.05, 3.63) is 57.9 Å². The molecule has 0 aromatic heterocycles. The third kappa shape index (κ3) is 10.9. The van der Waals surface area contributed by atoms with Gasteiger partial charge in [0.15, 0.2) is 0 Å². The summed E-state index contributed by atoms with van der Waals surface area (Å²) >= 11 is 0. The largest absolute Gasteiger partial charge is 0.491 e. The number of aryl methyl sites for hydroxylation is 3. The fourth-order valence-corrected chi connectivity index (χ4v) is 4.27. The second-order valence-corrected chi connectivity index (χ2v) is 10.1. The van der Waals surface area contributed by atoms with Crippen LogP contribution in [0.3, 0.4) is 0 Å². The van der Waals surface area contributed by atoms with E-state index in [4.69, 9.17) is 9.47 Å². The number of hydrogen-bond donors (Lipinski definition) is 0. The fourth-order valence-electron chi connectivity index (χ4n) is 4.27. The highest BCUT2D eigenvalue weighted by Gasteiger charge is 2.19. The molecule has 0 bridgehead atoms. The van der Waals surface area contributed by atoms with Gasteiger partial charge in [-0.05, 0) is 118 Å². The first-order valence-electron chi connectivity index (χ1n) is 14.2. The van der Waals surface area contributed by atoms with Crippen LogP contribution in [0.25, 0.3) is 0 Å². The second kappa shape index (κ2) is 17.4. The monoisotopic (exact) mass is 502 g/mol. The first kappa shape index (κ1) is 34.0. The summed E-state index contributed by atoms with van der Waals surface area (Å²) in [6, 6.07) is 7.88. The van der Waals surface area contributed by atoms with Gasteiger partial charge in [-0.3, -0.25) is 0 Å². The van der Waals surface area contributed by atoms with Crippen molar-refractivity contribution in [2.75, 3.05) is 0 Å². The molecule has 0 aliphatic heterocycles. The predicted molar refractivity (Wildman–Crippen MR) is 157 cm³/mol. The maximum atomic E-state index is 13.7. The molecule has 1 saturated carbocycles. The molecular formula is C33H55FO2. The fraction of sp³-hybridized carbons (Fsp3) is 0.636. The molecule has 0 N–H and O–H groups in total. The van der Waals surface area contributed by atoms with E-state index in [9.17, 15) is 4.39 Å². The Hall–Kier alpha value is -2.03. The van der Waals surface area contributed by atoms with Gasteiger partial charge in [-0.2, -0.15) is 0 Å². The number of halogens is 1. The molecule has 206 valence electrons. The Morgan fingerprint density at radius 3 is 1.61 bits per heavy atom. The quantitative estimate of drug-likeness (QED) is 0.391. The summed E-state index contributed by atoms with van der Waals surface area (Å²) in [5.41, 5.74) is 5.63. The maximum absolute atomic E-state index is 13.7. The zero-order valence-corrected chi connectivity index (χ0v) is 25.6. The van der Waals surface area contributed by atoms with Crippen LogP contribution >= 0.6 is 0 Å². The molecule has 1 aliphatic rings. The van der Waals surface area contributed by atoms with Crippen LogP contribution in [0.1, 0.15) is 135 Å². The molecule has 0 saturated heterocycles. The van der Waals surface area contributed by atoms with Gasteiger partial charge in [-0.15, -0.1) is 0 Å². The van der Waals surface area contributed by atoms with Crippen LogP contribution in [0.15, 0.2) is 24.3 Å². The van der Waals surface area contributed by atoms with Crippen molar-refractivity contribution < 1.29 is 13.9 Å². The van der Waals surface area contributed by atoms with E-state index in [1.54, 1.807) is 6.07 Å². The predicted octanol–water partition coefficient (Wildman–Crippen LogP) is 10.8. The van der Waals surface area contributed by atoms with Crippen LogP contribution in [0, 0.1) is 26.6 Å². The minimum absolute atomic E-state index is 0.115. The van der Waals surface area contributed by atoms with E-state index in [1.807, 2.05) is 54.5 Å². The Balaban J connectivity index is 0.000000602. The Kier molecular flexibility index (Phi) is 16.4. The standard InChI is InChI=1S/C15H21FO.C14H22O.2C2H6/c1-10(2)13-9-15(11(3)8-14(13)16)17-12-6-4-5-7-12;1-9(2)13-8-14(15-10(3)4)12(6)7-11(13)5;2*1-2/h8-10,12H,4-7H2,1-3H3;7-10H,1-6H3;2*1-2H3. The van der Waals surface area contributed by atoms with Crippen molar-refractivity contribution in [1.82, 2.24) is 0 Å². The lowest BCUT2D eigenvalue weighted by Crippen LogP contribution is -2.12. The Morgan fingerprint density at radius 2 is 1.14 bits per heavy atom. The third-order valence-electron chi connectivity index (χ3n) is 6.06. The zero-order chi connectivity index (χ0) is 28.0. The molecular weight excluding hydrogens is 447 g/mol. The van der Waals surface area contributed by atoms with Gasteiger partial charge in [0.2, 0.25) is 0 Å². The number of benzene rings is 2. The van der Waals surface area contributed by atoms with Gasteiger partial charge in [-0.1, -0.05) is 61.5 Å². The number of ether oxygens (including phenoxy) is 2. The van der Waals surface area contributed by atoms with Crippen LogP contribution in [-0.4, -0.2) is 12.2 Å². The lowest BCUT2D eigenvalue weighted by Gasteiger charge is -2.17. The molecule has 0 heterocycles. The molecule has 0 amide bonds. The van der Waals surface area contributed by atoms with Crippen LogP contribution in [-0.2, 0) is 0 Å². The van der Waals surface area contributed by atoms with Crippen molar-refractivity contribution >= 4 is 0 Å². The van der Waals surface area contributed by atoms with Crippen LogP contribution in [0.2, 0.25) is 0 Å². The first-order valence-corrected chi connectivity index (χ1v) is 14.2. The molecule has 1 fully saturated rings. The van der Waals surface area contributed by atoms with Crippen LogP contribution in [0.4, 0.5) is 4.39 Å². The molecule has 0 unspecified atom stereocenters. The molecule has 36 heavy (non-hydrogen) atoms. The van der Waals surface area contributed by atoms with Crippen molar-refractivity contribution in [3.8, 4) is 11.5 Å². The molecule has 1 aliphatic carbocycles. The molecule has 2 nitrogen and oxygen atoms in total. The first-order chi connectivity index (χ1) is 17.0. The molecule has 0 spiro atoms. The van der Waals surface area contributed by atoms with Gasteiger partial charge < -0.3 is 9.47 Å². The maximum Gasteiger partial charge on any atom is 0.127 e. The van der Waals surface area contributed by atoms with E-state index >= 15 is 0 Å². The van der Waals surface area contributed by atoms with Crippen molar-refractivity contribution in [2.24, 2.45) is 0 Å². The Labute approximate surface area is 223 Å². The van der Waals surface area contributed by atoms with Crippen molar-refractivity contribution in [3.63, 3.8) is 0 Å². The van der Waals surface area contributed by atoms with E-state index in [0.717, 1.165) is 35.5 Å². The smallest absolute Gasteiger partial charge is 0.127 e. The molecule has 0 atom stereocenters. The van der Waals surface area contributed by atoms with Crippen LogP contribution in [0.5, 0.6) is 11.5 Å². The Morgan fingerprint density at radius 1 is 0.667 bits per heavy atom. The average Bonchev–Trinajstić information content (AvgIpc) is 3.33. The lowest BCUT2D eigenvalue weighted by atomic mass is 9.96. The highest BCUT2D eigenvalue weighted by atomic mass is 19.1. The van der Waals surface area contributed by atoms with Crippen molar-refractivity contribution in [2.45, 2.75) is 140 Å².